The van der Waals surface area contributed by atoms with Crippen LogP contribution >= 0.6 is 11.6 Å². The minimum Gasteiger partial charge on any atom is -0.478 e. The lowest BCUT2D eigenvalue weighted by atomic mass is 10.1. The van der Waals surface area contributed by atoms with E-state index < -0.39 is 81.3 Å². The van der Waals surface area contributed by atoms with Gasteiger partial charge in [0, 0.05) is 19.2 Å². The number of anilines is 2. The Morgan fingerprint density at radius 1 is 0.945 bits per heavy atom. The van der Waals surface area contributed by atoms with Crippen LogP contribution in [0.2, 0.25) is 5.02 Å². The van der Waals surface area contributed by atoms with Crippen molar-refractivity contribution in [3.05, 3.63) is 92.5 Å². The second kappa shape index (κ2) is 17.7. The molecule has 0 bridgehead atoms. The van der Waals surface area contributed by atoms with E-state index in [2.05, 4.69) is 25.6 Å². The monoisotopic (exact) mass is 834 g/mol. The zero-order valence-corrected chi connectivity index (χ0v) is 30.4. The topological polar surface area (TPSA) is 288 Å². The lowest BCUT2D eigenvalue weighted by molar-refractivity contribution is -0.385. The molecule has 0 saturated heterocycles. The SMILES string of the molecule is CCOc1nc(NC)nc(NC(=O)NS(=O)(=O)c2ccccc2C(=O)O)n1.CS(=O)(=O)NC(=O)c1cc(Oc2ccc(C(F)(F)F)cc2Cl)ccc1[N+](=O)[O-]. The number of halogens is 4. The Kier molecular flexibility index (Phi) is 13.8. The van der Waals surface area contributed by atoms with Crippen LogP contribution in [0.15, 0.2) is 65.6 Å². The number of sulfonamides is 2. The highest BCUT2D eigenvalue weighted by atomic mass is 35.5. The number of carboxylic acid groups (broad SMARTS) is 1. The lowest BCUT2D eigenvalue weighted by Crippen LogP contribution is -2.35. The molecular formula is C29H26ClF3N8O12S2. The van der Waals surface area contributed by atoms with Crippen molar-refractivity contribution in [3.63, 3.8) is 0 Å². The fourth-order valence-electron chi connectivity index (χ4n) is 3.93. The van der Waals surface area contributed by atoms with Gasteiger partial charge in [0.05, 0.1) is 33.9 Å². The molecule has 0 saturated carbocycles. The predicted molar refractivity (Wildman–Crippen MR) is 185 cm³/mol. The number of alkyl halides is 3. The molecule has 4 aromatic rings. The van der Waals surface area contributed by atoms with Crippen molar-refractivity contribution in [2.75, 3.05) is 30.5 Å². The molecule has 3 aromatic carbocycles. The third kappa shape index (κ3) is 12.4. The minimum absolute atomic E-state index is 0.0776. The largest absolute Gasteiger partial charge is 0.478 e. The number of carboxylic acids is 1. The van der Waals surface area contributed by atoms with Gasteiger partial charge in [-0.05, 0) is 43.3 Å². The second-order valence-electron chi connectivity index (χ2n) is 10.2. The molecule has 0 aliphatic rings. The van der Waals surface area contributed by atoms with Crippen molar-refractivity contribution in [2.24, 2.45) is 0 Å². The first-order valence-corrected chi connectivity index (χ1v) is 18.4. The molecular weight excluding hydrogens is 809 g/mol. The summed E-state index contributed by atoms with van der Waals surface area (Å²) in [5.74, 6) is -3.31. The van der Waals surface area contributed by atoms with E-state index in [0.717, 1.165) is 36.4 Å². The Hall–Kier alpha value is -6.34. The maximum atomic E-state index is 12.7. The van der Waals surface area contributed by atoms with E-state index in [9.17, 15) is 54.5 Å². The number of nitro benzene ring substituents is 1. The number of nitro groups is 1. The number of hydrogen-bond donors (Lipinski definition) is 5. The molecule has 1 heterocycles. The molecule has 0 aliphatic heterocycles. The van der Waals surface area contributed by atoms with Gasteiger partial charge in [-0.1, -0.05) is 23.7 Å². The summed E-state index contributed by atoms with van der Waals surface area (Å²) in [6.45, 7) is 1.97. The average Bonchev–Trinajstić information content (AvgIpc) is 3.07. The molecule has 0 unspecified atom stereocenters. The Balaban J connectivity index is 0.000000296. The van der Waals surface area contributed by atoms with Crippen molar-refractivity contribution in [1.29, 1.82) is 0 Å². The van der Waals surface area contributed by atoms with E-state index in [1.807, 2.05) is 0 Å². The van der Waals surface area contributed by atoms with Crippen LogP contribution in [0.4, 0.5) is 35.5 Å². The zero-order valence-electron chi connectivity index (χ0n) is 28.0. The molecule has 4 rings (SSSR count). The first kappa shape index (κ1) is 43.1. The molecule has 0 radical (unpaired) electrons. The summed E-state index contributed by atoms with van der Waals surface area (Å²) in [7, 11) is -6.92. The van der Waals surface area contributed by atoms with Gasteiger partial charge in [0.15, 0.2) is 0 Å². The number of aromatic nitrogens is 3. The number of rotatable bonds is 12. The summed E-state index contributed by atoms with van der Waals surface area (Å²) in [6.07, 6.45) is -3.94. The van der Waals surface area contributed by atoms with Crippen molar-refractivity contribution in [2.45, 2.75) is 18.0 Å². The average molecular weight is 835 g/mol. The number of amides is 3. The first-order chi connectivity index (χ1) is 25.5. The van der Waals surface area contributed by atoms with Crippen molar-refractivity contribution in [3.8, 4) is 17.5 Å². The highest BCUT2D eigenvalue weighted by Gasteiger charge is 2.31. The van der Waals surface area contributed by atoms with E-state index in [1.54, 1.807) is 16.4 Å². The molecule has 294 valence electrons. The molecule has 20 nitrogen and oxygen atoms in total. The number of ether oxygens (including phenoxy) is 2. The van der Waals surface area contributed by atoms with E-state index >= 15 is 0 Å². The summed E-state index contributed by atoms with van der Waals surface area (Å²) in [5, 5.41) is 24.5. The van der Waals surface area contributed by atoms with Crippen LogP contribution in [-0.4, -0.2) is 79.6 Å². The Morgan fingerprint density at radius 2 is 1.60 bits per heavy atom. The zero-order chi connectivity index (χ0) is 41.3. The van der Waals surface area contributed by atoms with Gasteiger partial charge in [-0.25, -0.2) is 35.9 Å². The van der Waals surface area contributed by atoms with Crippen molar-refractivity contribution < 1.29 is 63.9 Å². The molecule has 55 heavy (non-hydrogen) atoms. The Labute approximate surface area is 313 Å². The number of benzene rings is 3. The number of aromatic carboxylic acids is 1. The number of urea groups is 1. The summed E-state index contributed by atoms with van der Waals surface area (Å²) in [4.78, 5) is 56.4. The van der Waals surface area contributed by atoms with E-state index in [1.165, 1.54) is 19.2 Å². The molecule has 0 aliphatic carbocycles. The normalized spacial score (nSPS) is 11.3. The quantitative estimate of drug-likeness (QED) is 0.0984. The van der Waals surface area contributed by atoms with Crippen LogP contribution in [-0.2, 0) is 26.2 Å². The van der Waals surface area contributed by atoms with Crippen LogP contribution in [0.3, 0.4) is 0 Å². The molecule has 0 spiro atoms. The third-order valence-corrected chi connectivity index (χ3v) is 8.39. The van der Waals surface area contributed by atoms with E-state index in [0.29, 0.717) is 18.4 Å². The number of carbonyl (C=O) groups is 3. The van der Waals surface area contributed by atoms with Crippen molar-refractivity contribution >= 4 is 67.1 Å². The summed E-state index contributed by atoms with van der Waals surface area (Å²) in [5.41, 5.74) is -2.82. The molecule has 0 atom stereocenters. The van der Waals surface area contributed by atoms with Crippen LogP contribution in [0.5, 0.6) is 17.5 Å². The van der Waals surface area contributed by atoms with E-state index in [-0.39, 0.29) is 36.0 Å². The van der Waals surface area contributed by atoms with Gasteiger partial charge >= 0.3 is 24.2 Å². The summed E-state index contributed by atoms with van der Waals surface area (Å²) < 4.78 is 98.7. The minimum atomic E-state index is -4.62. The highest BCUT2D eigenvalue weighted by Crippen LogP contribution is 2.37. The highest BCUT2D eigenvalue weighted by molar-refractivity contribution is 7.90. The van der Waals surface area contributed by atoms with Crippen molar-refractivity contribution in [1.82, 2.24) is 24.4 Å². The molecule has 0 fully saturated rings. The van der Waals surface area contributed by atoms with E-state index in [4.69, 9.17) is 26.2 Å². The smallest absolute Gasteiger partial charge is 0.416 e. The number of hydrogen-bond acceptors (Lipinski definition) is 15. The van der Waals surface area contributed by atoms with Gasteiger partial charge in [-0.15, -0.1) is 0 Å². The summed E-state index contributed by atoms with van der Waals surface area (Å²) >= 11 is 5.76. The number of carbonyl (C=O) groups excluding carboxylic acids is 2. The standard InChI is InChI=1S/C15H10ClF3N2O6S.C14H16N6O6S/c1-28(25,26)20-14(22)10-7-9(3-4-12(10)21(23)24)27-13-5-2-8(6-11(13)16)15(17,18)19;1-3-26-14-18-11(15-2)16-12(19-14)17-13(23)20-27(24,25)9-7-5-4-6-8(9)10(21)22/h2-7H,1H3,(H,20,22);4-7H,3H2,1-2H3,(H,21,22)(H3,15,16,17,18,19,20,23). The fourth-order valence-corrected chi connectivity index (χ4v) is 5.70. The Bertz CT molecular complexity index is 2350. The maximum Gasteiger partial charge on any atom is 0.416 e. The number of nitrogens with zero attached hydrogens (tertiary/aromatic N) is 4. The lowest BCUT2D eigenvalue weighted by Gasteiger charge is -2.12. The third-order valence-electron chi connectivity index (χ3n) is 6.15. The molecule has 26 heteroatoms. The maximum absolute atomic E-state index is 12.7. The number of nitrogens with one attached hydrogen (secondary N) is 4. The Morgan fingerprint density at radius 3 is 2.16 bits per heavy atom. The first-order valence-electron chi connectivity index (χ1n) is 14.6. The van der Waals surface area contributed by atoms with Gasteiger partial charge in [0.1, 0.15) is 22.0 Å². The molecule has 5 N–H and O–H groups in total. The van der Waals surface area contributed by atoms with Gasteiger partial charge < -0.3 is 19.9 Å². The van der Waals surface area contributed by atoms with Crippen LogP contribution < -0.4 is 29.6 Å². The van der Waals surface area contributed by atoms with Gasteiger partial charge in [0.25, 0.3) is 21.6 Å². The second-order valence-corrected chi connectivity index (χ2v) is 14.0. The molecule has 1 aromatic heterocycles. The molecule has 3 amide bonds. The van der Waals surface area contributed by atoms with Crippen LogP contribution in [0, 0.1) is 10.1 Å². The summed E-state index contributed by atoms with van der Waals surface area (Å²) in [6, 6.07) is 8.69. The van der Waals surface area contributed by atoms with Gasteiger partial charge in [0.2, 0.25) is 21.9 Å². The van der Waals surface area contributed by atoms with Crippen LogP contribution in [0.1, 0.15) is 33.2 Å². The van der Waals surface area contributed by atoms with Crippen LogP contribution in [0.25, 0.3) is 0 Å². The van der Waals surface area contributed by atoms with Gasteiger partial charge in [-0.2, -0.15) is 28.1 Å². The predicted octanol–water partition coefficient (Wildman–Crippen LogP) is 4.27. The van der Waals surface area contributed by atoms with Gasteiger partial charge in [-0.3, -0.25) is 20.2 Å². The fraction of sp³-hybridized carbons (Fsp3) is 0.172.